The number of carbonyl (C=O) groups excluding carboxylic acids is 1. The monoisotopic (exact) mass is 446 g/mol. The third kappa shape index (κ3) is 5.94. The summed E-state index contributed by atoms with van der Waals surface area (Å²) in [4.78, 5) is 23.6. The van der Waals surface area contributed by atoms with Gasteiger partial charge < -0.3 is 4.90 Å². The summed E-state index contributed by atoms with van der Waals surface area (Å²) in [7, 11) is -3.54. The molecule has 0 aromatic heterocycles. The molecule has 1 fully saturated rings. The average molecular weight is 447 g/mol. The van der Waals surface area contributed by atoms with Crippen LogP contribution in [0.3, 0.4) is 0 Å². The lowest BCUT2D eigenvalue weighted by Gasteiger charge is -2.31. The number of hydrazone groups is 1. The van der Waals surface area contributed by atoms with Crippen molar-refractivity contribution in [2.24, 2.45) is 5.10 Å². The van der Waals surface area contributed by atoms with Crippen molar-refractivity contribution in [1.82, 2.24) is 9.73 Å². The summed E-state index contributed by atoms with van der Waals surface area (Å²) in [6.45, 7) is 3.73. The summed E-state index contributed by atoms with van der Waals surface area (Å²) in [5.41, 5.74) is 3.84. The van der Waals surface area contributed by atoms with Crippen molar-refractivity contribution in [2.45, 2.75) is 11.8 Å². The molecule has 11 heteroatoms. The second kappa shape index (κ2) is 9.77. The first kappa shape index (κ1) is 22.5. The van der Waals surface area contributed by atoms with E-state index in [2.05, 4.69) is 10.5 Å². The summed E-state index contributed by atoms with van der Waals surface area (Å²) in [6.07, 6.45) is 1.34. The van der Waals surface area contributed by atoms with E-state index in [1.807, 2.05) is 6.92 Å². The largest absolute Gasteiger partial charge is 0.325 e. The molecule has 2 N–H and O–H groups in total. The second-order valence-corrected chi connectivity index (χ2v) is 9.23. The standard InChI is InChI=1S/C20H23N5O5S/c1-16-5-7-19(8-6-16)31(29,30)24-11-9-23(10-12-24)15-20(26)22-21-14-17-3-2-4-18(13-17)25(27)28/h2-8,13-14H,9-12,15H2,1H3,(H,22,26)/p+1/b21-14+. The number of benzene rings is 2. The Kier molecular flexibility index (Phi) is 7.10. The molecule has 0 spiro atoms. The molecular weight excluding hydrogens is 422 g/mol. The van der Waals surface area contributed by atoms with Crippen LogP contribution in [0.25, 0.3) is 0 Å². The predicted molar refractivity (Wildman–Crippen MR) is 114 cm³/mol. The molecule has 0 aliphatic carbocycles. The van der Waals surface area contributed by atoms with E-state index in [4.69, 9.17) is 0 Å². The van der Waals surface area contributed by atoms with Crippen LogP contribution in [0.2, 0.25) is 0 Å². The number of nitro groups is 1. The molecule has 0 radical (unpaired) electrons. The van der Waals surface area contributed by atoms with Crippen molar-refractivity contribution in [3.63, 3.8) is 0 Å². The number of rotatable bonds is 7. The van der Waals surface area contributed by atoms with Gasteiger partial charge in [0.25, 0.3) is 11.6 Å². The molecule has 3 rings (SSSR count). The quantitative estimate of drug-likeness (QED) is 0.350. The topological polar surface area (TPSA) is 126 Å². The van der Waals surface area contributed by atoms with Crippen molar-refractivity contribution in [2.75, 3.05) is 32.7 Å². The minimum Gasteiger partial charge on any atom is -0.325 e. The maximum atomic E-state index is 12.7. The molecule has 1 aliphatic heterocycles. The van der Waals surface area contributed by atoms with E-state index >= 15 is 0 Å². The van der Waals surface area contributed by atoms with Crippen LogP contribution in [0.15, 0.2) is 58.5 Å². The van der Waals surface area contributed by atoms with Crippen LogP contribution in [0.1, 0.15) is 11.1 Å². The summed E-state index contributed by atoms with van der Waals surface area (Å²) in [5, 5.41) is 14.6. The number of aryl methyl sites for hydroxylation is 1. The van der Waals surface area contributed by atoms with E-state index in [1.54, 1.807) is 30.3 Å². The van der Waals surface area contributed by atoms with Gasteiger partial charge in [0, 0.05) is 17.7 Å². The van der Waals surface area contributed by atoms with Gasteiger partial charge in [-0.2, -0.15) is 9.41 Å². The molecular formula is C20H24N5O5S+. The summed E-state index contributed by atoms with van der Waals surface area (Å²) < 4.78 is 26.9. The maximum Gasteiger partial charge on any atom is 0.295 e. The zero-order valence-corrected chi connectivity index (χ0v) is 17.8. The number of nitrogens with zero attached hydrogens (tertiary/aromatic N) is 3. The fraction of sp³-hybridized carbons (Fsp3) is 0.300. The smallest absolute Gasteiger partial charge is 0.295 e. The van der Waals surface area contributed by atoms with Crippen LogP contribution in [0.5, 0.6) is 0 Å². The van der Waals surface area contributed by atoms with Crippen molar-refractivity contribution >= 4 is 27.8 Å². The van der Waals surface area contributed by atoms with Crippen molar-refractivity contribution in [3.05, 3.63) is 69.8 Å². The number of piperazine rings is 1. The van der Waals surface area contributed by atoms with Gasteiger partial charge in [-0.15, -0.1) is 0 Å². The van der Waals surface area contributed by atoms with Gasteiger partial charge in [-0.05, 0) is 19.1 Å². The number of non-ortho nitro benzene ring substituents is 1. The third-order valence-electron chi connectivity index (χ3n) is 4.98. The van der Waals surface area contributed by atoms with Crippen LogP contribution in [-0.4, -0.2) is 62.5 Å². The molecule has 31 heavy (non-hydrogen) atoms. The molecule has 0 unspecified atom stereocenters. The highest BCUT2D eigenvalue weighted by atomic mass is 32.2. The normalized spacial score (nSPS) is 15.8. The fourth-order valence-corrected chi connectivity index (χ4v) is 4.68. The number of quaternary nitrogens is 1. The van der Waals surface area contributed by atoms with E-state index in [1.165, 1.54) is 28.7 Å². The van der Waals surface area contributed by atoms with E-state index in [0.717, 1.165) is 10.5 Å². The number of carbonyl (C=O) groups is 1. The number of hydrogen-bond donors (Lipinski definition) is 2. The van der Waals surface area contributed by atoms with E-state index in [0.29, 0.717) is 31.7 Å². The highest BCUT2D eigenvalue weighted by Crippen LogP contribution is 2.16. The van der Waals surface area contributed by atoms with Crippen LogP contribution < -0.4 is 10.3 Å². The van der Waals surface area contributed by atoms with Crippen LogP contribution in [0.4, 0.5) is 5.69 Å². The lowest BCUT2D eigenvalue weighted by molar-refractivity contribution is -0.895. The van der Waals surface area contributed by atoms with Gasteiger partial charge >= 0.3 is 0 Å². The van der Waals surface area contributed by atoms with Crippen molar-refractivity contribution in [1.29, 1.82) is 0 Å². The van der Waals surface area contributed by atoms with Gasteiger partial charge in [-0.25, -0.2) is 13.8 Å². The zero-order chi connectivity index (χ0) is 22.4. The first-order valence-electron chi connectivity index (χ1n) is 9.72. The van der Waals surface area contributed by atoms with E-state index in [-0.39, 0.29) is 23.0 Å². The molecule has 2 aromatic rings. The van der Waals surface area contributed by atoms with Gasteiger partial charge in [0.15, 0.2) is 6.54 Å². The number of hydrogen-bond acceptors (Lipinski definition) is 6. The molecule has 1 aliphatic rings. The lowest BCUT2D eigenvalue weighted by Crippen LogP contribution is -3.15. The van der Waals surface area contributed by atoms with Crippen molar-refractivity contribution < 1.29 is 23.0 Å². The molecule has 2 aromatic carbocycles. The van der Waals surface area contributed by atoms with E-state index in [9.17, 15) is 23.3 Å². The third-order valence-corrected chi connectivity index (χ3v) is 6.90. The Hall–Kier alpha value is -3.15. The van der Waals surface area contributed by atoms with Crippen molar-refractivity contribution in [3.8, 4) is 0 Å². The lowest BCUT2D eigenvalue weighted by atomic mass is 10.2. The Balaban J connectivity index is 1.48. The van der Waals surface area contributed by atoms with Gasteiger partial charge in [-0.1, -0.05) is 29.8 Å². The van der Waals surface area contributed by atoms with Gasteiger partial charge in [0.1, 0.15) is 0 Å². The summed E-state index contributed by atoms with van der Waals surface area (Å²) in [5.74, 6) is -0.313. The van der Waals surface area contributed by atoms with Crippen LogP contribution in [-0.2, 0) is 14.8 Å². The number of amides is 1. The molecule has 10 nitrogen and oxygen atoms in total. The Morgan fingerprint density at radius 3 is 2.55 bits per heavy atom. The molecule has 164 valence electrons. The van der Waals surface area contributed by atoms with Crippen LogP contribution >= 0.6 is 0 Å². The zero-order valence-electron chi connectivity index (χ0n) is 17.0. The van der Waals surface area contributed by atoms with E-state index < -0.39 is 14.9 Å². The minimum absolute atomic E-state index is 0.0572. The second-order valence-electron chi connectivity index (χ2n) is 7.29. The Morgan fingerprint density at radius 2 is 1.90 bits per heavy atom. The highest BCUT2D eigenvalue weighted by molar-refractivity contribution is 7.89. The van der Waals surface area contributed by atoms with Gasteiger partial charge in [-0.3, -0.25) is 14.9 Å². The Labute approximate surface area is 180 Å². The van der Waals surface area contributed by atoms with Crippen LogP contribution in [0, 0.1) is 17.0 Å². The molecule has 0 bridgehead atoms. The highest BCUT2D eigenvalue weighted by Gasteiger charge is 2.31. The number of nitrogens with one attached hydrogen (secondary N) is 2. The Bertz CT molecular complexity index is 1080. The Morgan fingerprint density at radius 1 is 1.23 bits per heavy atom. The molecule has 0 atom stereocenters. The molecule has 1 heterocycles. The summed E-state index contributed by atoms with van der Waals surface area (Å²) >= 11 is 0. The minimum atomic E-state index is -3.54. The van der Waals surface area contributed by atoms with Gasteiger partial charge in [0.2, 0.25) is 10.0 Å². The van der Waals surface area contributed by atoms with Gasteiger partial charge in [0.05, 0.1) is 42.2 Å². The first-order chi connectivity index (χ1) is 14.8. The first-order valence-corrected chi connectivity index (χ1v) is 11.2. The predicted octanol–water partition coefficient (Wildman–Crippen LogP) is -0.0573. The SMILES string of the molecule is Cc1ccc(S(=O)(=O)N2CC[NH+](CC(=O)N/N=C/c3cccc([N+](=O)[O-])c3)CC2)cc1. The number of nitro benzene ring substituents is 1. The molecule has 1 saturated heterocycles. The molecule has 1 amide bonds. The molecule has 0 saturated carbocycles. The summed E-state index contributed by atoms with van der Waals surface area (Å²) in [6, 6.07) is 12.7. The average Bonchev–Trinajstić information content (AvgIpc) is 2.74. The maximum absolute atomic E-state index is 12.7. The number of sulfonamides is 1. The fourth-order valence-electron chi connectivity index (χ4n) is 3.24.